The largest absolute Gasteiger partial charge is 0.461 e. The Morgan fingerprint density at radius 1 is 0.784 bits per heavy atom. The van der Waals surface area contributed by atoms with Gasteiger partial charge in [-0.1, -0.05) is 23.8 Å². The van der Waals surface area contributed by atoms with Crippen molar-refractivity contribution < 1.29 is 43.2 Å². The highest BCUT2D eigenvalue weighted by Crippen LogP contribution is 2.19. The number of esters is 4. The quantitative estimate of drug-likeness (QED) is 0.0930. The molecule has 1 unspecified atom stereocenters. The van der Waals surface area contributed by atoms with E-state index in [0.717, 1.165) is 31.3 Å². The van der Waals surface area contributed by atoms with Crippen LogP contribution in [0.15, 0.2) is 59.8 Å². The second-order valence-corrected chi connectivity index (χ2v) is 8.47. The van der Waals surface area contributed by atoms with Gasteiger partial charge in [-0.2, -0.15) is 0 Å². The Labute approximate surface area is 219 Å². The van der Waals surface area contributed by atoms with Crippen molar-refractivity contribution in [3.05, 3.63) is 59.8 Å². The number of ether oxygens (including phenoxy) is 4. The van der Waals surface area contributed by atoms with E-state index in [1.165, 1.54) is 46.5 Å². The van der Waals surface area contributed by atoms with Crippen LogP contribution in [0, 0.1) is 5.92 Å². The summed E-state index contributed by atoms with van der Waals surface area (Å²) >= 11 is 0. The van der Waals surface area contributed by atoms with Gasteiger partial charge < -0.3 is 24.1 Å². The molecule has 37 heavy (non-hydrogen) atoms. The minimum atomic E-state index is -0.460. The molecule has 0 bridgehead atoms. The molecule has 0 saturated carbocycles. The molecule has 0 saturated heterocycles. The Balaban J connectivity index is 4.71. The summed E-state index contributed by atoms with van der Waals surface area (Å²) in [5.74, 6) is -1.65. The first-order chi connectivity index (χ1) is 17.5. The number of rotatable bonds is 17. The Morgan fingerprint density at radius 3 is 1.97 bits per heavy atom. The van der Waals surface area contributed by atoms with Gasteiger partial charge in [0.25, 0.3) is 0 Å². The molecule has 0 aliphatic carbocycles. The van der Waals surface area contributed by atoms with Crippen molar-refractivity contribution in [2.75, 3.05) is 13.2 Å². The van der Waals surface area contributed by atoms with E-state index in [2.05, 4.69) is 6.08 Å². The molecule has 0 aromatic rings. The molecule has 0 spiro atoms. The molecule has 0 fully saturated rings. The van der Waals surface area contributed by atoms with Crippen LogP contribution in [0.5, 0.6) is 0 Å². The second kappa shape index (κ2) is 20.7. The topological polar surface area (TPSA) is 125 Å². The van der Waals surface area contributed by atoms with Crippen LogP contribution in [-0.2, 0) is 38.1 Å². The summed E-state index contributed by atoms with van der Waals surface area (Å²) in [5.41, 5.74) is 2.39. The Morgan fingerprint density at radius 2 is 1.41 bits per heavy atom. The monoisotopic (exact) mass is 520 g/mol. The van der Waals surface area contributed by atoms with Crippen LogP contribution in [0.25, 0.3) is 0 Å². The molecule has 0 amide bonds. The lowest BCUT2D eigenvalue weighted by Gasteiger charge is -2.13. The first-order valence-electron chi connectivity index (χ1n) is 12.2. The van der Waals surface area contributed by atoms with E-state index in [-0.39, 0.29) is 19.1 Å². The molecule has 0 rings (SSSR count). The standard InChI is InChI=1S/C28H40O9/c1-21(10-7-14-28(19-36-24(4)32)20-37-25(5)33)9-6-11-26(17-29)12-8-13-27(18-35-23(3)31)15-16-34-22(2)30/h7,9,14-16,18-19,26,29H,6,8,10-13,17,20H2,1-5H3/b14-7+,16-15+,21-9+,27-18+,28-19-. The summed E-state index contributed by atoms with van der Waals surface area (Å²) in [6, 6.07) is 0. The average Bonchev–Trinajstić information content (AvgIpc) is 2.81. The minimum absolute atomic E-state index is 0.0113. The SMILES string of the molecule is CC(=O)O/C=C(/C=C/C/C(C)=C/CCC(CO)CCCC(/C=C/OC(C)=O)=C\OC(C)=O)COC(C)=O. The lowest BCUT2D eigenvalue weighted by molar-refractivity contribution is -0.140. The maximum atomic E-state index is 11.1. The fourth-order valence-corrected chi connectivity index (χ4v) is 2.99. The number of carbonyl (C=O) groups excluding carboxylic acids is 4. The highest BCUT2D eigenvalue weighted by molar-refractivity contribution is 5.68. The van der Waals surface area contributed by atoms with E-state index in [9.17, 15) is 24.3 Å². The Hall–Kier alpha value is -3.46. The van der Waals surface area contributed by atoms with E-state index in [1.54, 1.807) is 12.2 Å². The summed E-state index contributed by atoms with van der Waals surface area (Å²) in [5, 5.41) is 9.75. The molecule has 0 heterocycles. The number of allylic oxidation sites excluding steroid dienone is 5. The zero-order valence-corrected chi connectivity index (χ0v) is 22.5. The fourth-order valence-electron chi connectivity index (χ4n) is 2.99. The highest BCUT2D eigenvalue weighted by atomic mass is 16.5. The number of aliphatic hydroxyl groups excluding tert-OH is 1. The molecular formula is C28H40O9. The molecule has 0 radical (unpaired) electrons. The van der Waals surface area contributed by atoms with Gasteiger partial charge in [0, 0.05) is 39.9 Å². The van der Waals surface area contributed by atoms with Crippen molar-refractivity contribution in [2.45, 2.75) is 73.1 Å². The third-order valence-corrected chi connectivity index (χ3v) is 4.89. The molecule has 0 aliphatic heterocycles. The number of hydrogen-bond acceptors (Lipinski definition) is 9. The number of carbonyl (C=O) groups is 4. The van der Waals surface area contributed by atoms with Gasteiger partial charge in [0.2, 0.25) is 0 Å². The van der Waals surface area contributed by atoms with Gasteiger partial charge in [-0.15, -0.1) is 0 Å². The third kappa shape index (κ3) is 21.5. The summed E-state index contributed by atoms with van der Waals surface area (Å²) in [6.07, 6.45) is 15.6. The van der Waals surface area contributed by atoms with Crippen LogP contribution in [0.3, 0.4) is 0 Å². The van der Waals surface area contributed by atoms with E-state index in [0.29, 0.717) is 24.0 Å². The zero-order chi connectivity index (χ0) is 28.1. The third-order valence-electron chi connectivity index (χ3n) is 4.89. The average molecular weight is 521 g/mol. The van der Waals surface area contributed by atoms with Crippen molar-refractivity contribution in [3.8, 4) is 0 Å². The van der Waals surface area contributed by atoms with Crippen LogP contribution >= 0.6 is 0 Å². The van der Waals surface area contributed by atoms with Gasteiger partial charge in [0.15, 0.2) is 0 Å². The fraction of sp³-hybridized carbons (Fsp3) is 0.500. The van der Waals surface area contributed by atoms with Gasteiger partial charge >= 0.3 is 23.9 Å². The van der Waals surface area contributed by atoms with Gasteiger partial charge in [0.1, 0.15) is 12.9 Å². The predicted molar refractivity (Wildman–Crippen MR) is 138 cm³/mol. The highest BCUT2D eigenvalue weighted by Gasteiger charge is 2.08. The van der Waals surface area contributed by atoms with Crippen LogP contribution in [0.1, 0.15) is 73.1 Å². The molecule has 9 nitrogen and oxygen atoms in total. The normalized spacial score (nSPS) is 13.5. The van der Waals surface area contributed by atoms with Crippen LogP contribution < -0.4 is 0 Å². The first kappa shape index (κ1) is 33.5. The Bertz CT molecular complexity index is 891. The van der Waals surface area contributed by atoms with Crippen LogP contribution in [-0.4, -0.2) is 42.2 Å². The van der Waals surface area contributed by atoms with Crippen molar-refractivity contribution in [2.24, 2.45) is 5.92 Å². The molecule has 0 aromatic heterocycles. The minimum Gasteiger partial charge on any atom is -0.461 e. The number of hydrogen-bond donors (Lipinski definition) is 1. The summed E-state index contributed by atoms with van der Waals surface area (Å²) in [7, 11) is 0. The molecule has 9 heteroatoms. The van der Waals surface area contributed by atoms with Gasteiger partial charge in [-0.05, 0) is 63.0 Å². The van der Waals surface area contributed by atoms with E-state index >= 15 is 0 Å². The Kier molecular flexibility index (Phi) is 18.8. The summed E-state index contributed by atoms with van der Waals surface area (Å²) in [4.78, 5) is 44.1. The van der Waals surface area contributed by atoms with Crippen molar-refractivity contribution in [1.29, 1.82) is 0 Å². The summed E-state index contributed by atoms with van der Waals surface area (Å²) in [6.45, 7) is 7.28. The van der Waals surface area contributed by atoms with Gasteiger partial charge in [-0.3, -0.25) is 19.2 Å². The van der Waals surface area contributed by atoms with Crippen molar-refractivity contribution in [3.63, 3.8) is 0 Å². The molecule has 206 valence electrons. The lowest BCUT2D eigenvalue weighted by Crippen LogP contribution is -2.06. The molecular weight excluding hydrogens is 480 g/mol. The van der Waals surface area contributed by atoms with E-state index in [1.807, 2.05) is 13.0 Å². The van der Waals surface area contributed by atoms with E-state index in [4.69, 9.17) is 18.9 Å². The van der Waals surface area contributed by atoms with Crippen molar-refractivity contribution >= 4 is 23.9 Å². The summed E-state index contributed by atoms with van der Waals surface area (Å²) < 4.78 is 19.5. The molecule has 0 aliphatic rings. The molecule has 1 N–H and O–H groups in total. The van der Waals surface area contributed by atoms with E-state index < -0.39 is 23.9 Å². The zero-order valence-electron chi connectivity index (χ0n) is 22.5. The predicted octanol–water partition coefficient (Wildman–Crippen LogP) is 4.97. The molecule has 0 aromatic carbocycles. The van der Waals surface area contributed by atoms with Gasteiger partial charge in [0.05, 0.1) is 12.5 Å². The van der Waals surface area contributed by atoms with Gasteiger partial charge in [-0.25, -0.2) is 0 Å². The maximum absolute atomic E-state index is 11.1. The smallest absolute Gasteiger partial charge is 0.307 e. The van der Waals surface area contributed by atoms with Crippen LogP contribution in [0.2, 0.25) is 0 Å². The van der Waals surface area contributed by atoms with Crippen LogP contribution in [0.4, 0.5) is 0 Å². The number of aliphatic hydroxyl groups is 1. The lowest BCUT2D eigenvalue weighted by atomic mass is 9.95. The second-order valence-electron chi connectivity index (χ2n) is 8.47. The molecule has 1 atom stereocenters. The maximum Gasteiger partial charge on any atom is 0.307 e. The van der Waals surface area contributed by atoms with Crippen molar-refractivity contribution in [1.82, 2.24) is 0 Å². The first-order valence-corrected chi connectivity index (χ1v) is 12.2.